The number of hydrogen-bond donors (Lipinski definition) is 1. The van der Waals surface area contributed by atoms with Gasteiger partial charge in [0.2, 0.25) is 0 Å². The summed E-state index contributed by atoms with van der Waals surface area (Å²) in [5.41, 5.74) is 1.40. The van der Waals surface area contributed by atoms with Gasteiger partial charge in [0.25, 0.3) is 0 Å². The van der Waals surface area contributed by atoms with E-state index in [2.05, 4.69) is 56.4 Å². The number of likely N-dealkylation sites (N-methyl/N-ethyl adjacent to an activating group) is 1. The molecule has 0 amide bonds. The van der Waals surface area contributed by atoms with Gasteiger partial charge in [-0.25, -0.2) is 0 Å². The summed E-state index contributed by atoms with van der Waals surface area (Å²) in [7, 11) is 0. The Morgan fingerprint density at radius 1 is 1.18 bits per heavy atom. The zero-order valence-electron chi connectivity index (χ0n) is 11.3. The molecule has 1 N–H and O–H groups in total. The van der Waals surface area contributed by atoms with Crippen LogP contribution >= 0.6 is 0 Å². The number of rotatable bonds is 8. The van der Waals surface area contributed by atoms with E-state index < -0.39 is 0 Å². The third kappa shape index (κ3) is 5.85. The van der Waals surface area contributed by atoms with Crippen LogP contribution in [0.1, 0.15) is 38.7 Å². The number of nitrogens with one attached hydrogen (secondary N) is 1. The van der Waals surface area contributed by atoms with Crippen LogP contribution in [0.15, 0.2) is 30.3 Å². The molecule has 0 heterocycles. The molecule has 0 radical (unpaired) electrons. The van der Waals surface area contributed by atoms with E-state index in [4.69, 9.17) is 4.74 Å². The largest absolute Gasteiger partial charge is 0.379 e. The molecule has 96 valence electrons. The summed E-state index contributed by atoms with van der Waals surface area (Å²) < 4.78 is 5.65. The summed E-state index contributed by atoms with van der Waals surface area (Å²) in [4.78, 5) is 0. The van der Waals surface area contributed by atoms with Crippen LogP contribution in [0.5, 0.6) is 0 Å². The number of benzene rings is 1. The highest BCUT2D eigenvalue weighted by atomic mass is 16.5. The summed E-state index contributed by atoms with van der Waals surface area (Å²) in [6, 6.07) is 10.7. The van der Waals surface area contributed by atoms with E-state index >= 15 is 0 Å². The SMILES string of the molecule is CCNCC(CCOC(C)C)c1ccccc1. The first-order valence-corrected chi connectivity index (χ1v) is 6.61. The van der Waals surface area contributed by atoms with Crippen LogP contribution in [0.25, 0.3) is 0 Å². The van der Waals surface area contributed by atoms with Gasteiger partial charge in [-0.3, -0.25) is 0 Å². The Balaban J connectivity index is 2.48. The van der Waals surface area contributed by atoms with Crippen molar-refractivity contribution in [3.63, 3.8) is 0 Å². The van der Waals surface area contributed by atoms with Crippen molar-refractivity contribution < 1.29 is 4.74 Å². The smallest absolute Gasteiger partial charge is 0.0518 e. The van der Waals surface area contributed by atoms with Gasteiger partial charge in [0.05, 0.1) is 6.10 Å². The number of ether oxygens (including phenoxy) is 1. The predicted molar refractivity (Wildman–Crippen MR) is 73.4 cm³/mol. The predicted octanol–water partition coefficient (Wildman–Crippen LogP) is 3.19. The Morgan fingerprint density at radius 2 is 1.88 bits per heavy atom. The second-order valence-electron chi connectivity index (χ2n) is 4.62. The fourth-order valence-electron chi connectivity index (χ4n) is 1.88. The van der Waals surface area contributed by atoms with Crippen molar-refractivity contribution in [3.8, 4) is 0 Å². The molecule has 2 heteroatoms. The van der Waals surface area contributed by atoms with E-state index in [1.54, 1.807) is 0 Å². The van der Waals surface area contributed by atoms with E-state index in [1.807, 2.05) is 0 Å². The number of hydrogen-bond acceptors (Lipinski definition) is 2. The molecular formula is C15H25NO. The van der Waals surface area contributed by atoms with Gasteiger partial charge in [-0.1, -0.05) is 37.3 Å². The molecule has 17 heavy (non-hydrogen) atoms. The molecule has 0 fully saturated rings. The fraction of sp³-hybridized carbons (Fsp3) is 0.600. The third-order valence-corrected chi connectivity index (χ3v) is 2.83. The van der Waals surface area contributed by atoms with Crippen molar-refractivity contribution >= 4 is 0 Å². The van der Waals surface area contributed by atoms with Gasteiger partial charge in [0.15, 0.2) is 0 Å². The Hall–Kier alpha value is -0.860. The molecule has 0 saturated heterocycles. The molecule has 1 aromatic carbocycles. The maximum Gasteiger partial charge on any atom is 0.0518 e. The van der Waals surface area contributed by atoms with Crippen LogP contribution in [-0.2, 0) is 4.74 Å². The summed E-state index contributed by atoms with van der Waals surface area (Å²) in [5, 5.41) is 3.43. The highest BCUT2D eigenvalue weighted by Crippen LogP contribution is 2.18. The lowest BCUT2D eigenvalue weighted by Crippen LogP contribution is -2.22. The summed E-state index contributed by atoms with van der Waals surface area (Å²) in [6.07, 6.45) is 1.40. The Kier molecular flexibility index (Phi) is 6.90. The molecule has 1 unspecified atom stereocenters. The van der Waals surface area contributed by atoms with Gasteiger partial charge in [0.1, 0.15) is 0 Å². The molecule has 0 spiro atoms. The van der Waals surface area contributed by atoms with Crippen LogP contribution in [0.4, 0.5) is 0 Å². The van der Waals surface area contributed by atoms with Crippen molar-refractivity contribution in [3.05, 3.63) is 35.9 Å². The first-order valence-electron chi connectivity index (χ1n) is 6.61. The monoisotopic (exact) mass is 235 g/mol. The Bertz CT molecular complexity index is 284. The minimum atomic E-state index is 0.325. The van der Waals surface area contributed by atoms with Gasteiger partial charge in [0, 0.05) is 13.2 Å². The van der Waals surface area contributed by atoms with Crippen molar-refractivity contribution in [2.24, 2.45) is 0 Å². The molecule has 1 aromatic rings. The second kappa shape index (κ2) is 8.26. The lowest BCUT2D eigenvalue weighted by atomic mass is 9.96. The molecular weight excluding hydrogens is 210 g/mol. The average Bonchev–Trinajstić information content (AvgIpc) is 2.34. The van der Waals surface area contributed by atoms with E-state index in [0.717, 1.165) is 26.1 Å². The van der Waals surface area contributed by atoms with Crippen molar-refractivity contribution in [2.75, 3.05) is 19.7 Å². The first-order chi connectivity index (χ1) is 8.24. The highest BCUT2D eigenvalue weighted by molar-refractivity contribution is 5.19. The van der Waals surface area contributed by atoms with Gasteiger partial charge >= 0.3 is 0 Å². The maximum atomic E-state index is 5.65. The summed E-state index contributed by atoms with van der Waals surface area (Å²) in [5.74, 6) is 0.551. The van der Waals surface area contributed by atoms with E-state index in [-0.39, 0.29) is 0 Å². The van der Waals surface area contributed by atoms with Crippen molar-refractivity contribution in [2.45, 2.75) is 39.2 Å². The van der Waals surface area contributed by atoms with Crippen molar-refractivity contribution in [1.82, 2.24) is 5.32 Å². The lowest BCUT2D eigenvalue weighted by molar-refractivity contribution is 0.0733. The third-order valence-electron chi connectivity index (χ3n) is 2.83. The van der Waals surface area contributed by atoms with Gasteiger partial charge in [-0.05, 0) is 38.3 Å². The quantitative estimate of drug-likeness (QED) is 0.747. The van der Waals surface area contributed by atoms with Crippen LogP contribution in [-0.4, -0.2) is 25.8 Å². The van der Waals surface area contributed by atoms with Gasteiger partial charge < -0.3 is 10.1 Å². The summed E-state index contributed by atoms with van der Waals surface area (Å²) in [6.45, 7) is 9.20. The minimum absolute atomic E-state index is 0.325. The average molecular weight is 235 g/mol. The normalized spacial score (nSPS) is 12.9. The van der Waals surface area contributed by atoms with Crippen LogP contribution in [0, 0.1) is 0 Å². The molecule has 2 nitrogen and oxygen atoms in total. The Morgan fingerprint density at radius 3 is 2.47 bits per heavy atom. The molecule has 0 aliphatic rings. The standard InChI is InChI=1S/C15H25NO/c1-4-16-12-15(10-11-17-13(2)3)14-8-6-5-7-9-14/h5-9,13,15-16H,4,10-12H2,1-3H3. The molecule has 0 saturated carbocycles. The topological polar surface area (TPSA) is 21.3 Å². The van der Waals surface area contributed by atoms with E-state index in [9.17, 15) is 0 Å². The maximum absolute atomic E-state index is 5.65. The molecule has 0 aromatic heterocycles. The molecule has 0 bridgehead atoms. The molecule has 1 rings (SSSR count). The van der Waals surface area contributed by atoms with E-state index in [0.29, 0.717) is 12.0 Å². The zero-order chi connectivity index (χ0) is 12.5. The van der Waals surface area contributed by atoms with Gasteiger partial charge in [-0.2, -0.15) is 0 Å². The van der Waals surface area contributed by atoms with Gasteiger partial charge in [-0.15, -0.1) is 0 Å². The first kappa shape index (κ1) is 14.2. The summed E-state index contributed by atoms with van der Waals surface area (Å²) >= 11 is 0. The van der Waals surface area contributed by atoms with E-state index in [1.165, 1.54) is 5.56 Å². The zero-order valence-corrected chi connectivity index (χ0v) is 11.3. The highest BCUT2D eigenvalue weighted by Gasteiger charge is 2.10. The van der Waals surface area contributed by atoms with Crippen LogP contribution in [0.2, 0.25) is 0 Å². The fourth-order valence-corrected chi connectivity index (χ4v) is 1.88. The second-order valence-corrected chi connectivity index (χ2v) is 4.62. The van der Waals surface area contributed by atoms with Crippen LogP contribution < -0.4 is 5.32 Å². The molecule has 0 aliphatic heterocycles. The van der Waals surface area contributed by atoms with Crippen molar-refractivity contribution in [1.29, 1.82) is 0 Å². The minimum Gasteiger partial charge on any atom is -0.379 e. The Labute approximate surface area is 105 Å². The molecule has 1 atom stereocenters. The lowest BCUT2D eigenvalue weighted by Gasteiger charge is -2.18. The molecule has 0 aliphatic carbocycles. The van der Waals surface area contributed by atoms with Crippen LogP contribution in [0.3, 0.4) is 0 Å².